The molecule has 2 saturated heterocycles. The second-order valence-electron chi connectivity index (χ2n) is 7.63. The average molecular weight is 329 g/mol. The van der Waals surface area contributed by atoms with Crippen molar-refractivity contribution in [1.29, 1.82) is 0 Å². The van der Waals surface area contributed by atoms with Crippen molar-refractivity contribution in [3.05, 3.63) is 28.7 Å². The van der Waals surface area contributed by atoms with E-state index in [1.54, 1.807) is 0 Å². The molecule has 0 saturated carbocycles. The Morgan fingerprint density at radius 3 is 2.75 bits per heavy atom. The molecule has 2 aliphatic rings. The van der Waals surface area contributed by atoms with Gasteiger partial charge in [0.1, 0.15) is 0 Å². The Kier molecular flexibility index (Phi) is 4.10. The van der Waals surface area contributed by atoms with Gasteiger partial charge in [0.15, 0.2) is 0 Å². The summed E-state index contributed by atoms with van der Waals surface area (Å²) in [5, 5.41) is 3.55. The largest absolute Gasteiger partial charge is 0.367 e. The van der Waals surface area contributed by atoms with Crippen molar-refractivity contribution in [2.45, 2.75) is 19.8 Å². The molecule has 0 amide bonds. The number of fused-ring (bicyclic) bond motifs is 1. The maximum Gasteiger partial charge on any atom is 0.323 e. The summed E-state index contributed by atoms with van der Waals surface area (Å²) >= 11 is 0. The Hall–Kier alpha value is -1.79. The highest BCUT2D eigenvalue weighted by molar-refractivity contribution is 5.88. The number of rotatable bonds is 3. The van der Waals surface area contributed by atoms with E-state index >= 15 is 0 Å². The van der Waals surface area contributed by atoms with Crippen molar-refractivity contribution < 1.29 is 0 Å². The van der Waals surface area contributed by atoms with E-state index in [-0.39, 0.29) is 5.69 Å². The number of hydrogen-bond acceptors (Lipinski definition) is 4. The van der Waals surface area contributed by atoms with E-state index in [2.05, 4.69) is 38.1 Å². The first-order valence-electron chi connectivity index (χ1n) is 9.02. The van der Waals surface area contributed by atoms with Crippen LogP contribution in [-0.2, 0) is 0 Å². The molecule has 4 rings (SSSR count). The van der Waals surface area contributed by atoms with Crippen LogP contribution in [-0.4, -0.2) is 60.7 Å². The van der Waals surface area contributed by atoms with E-state index in [4.69, 9.17) is 0 Å². The molecule has 24 heavy (non-hydrogen) atoms. The predicted octanol–water partition coefficient (Wildman–Crippen LogP) is 1.37. The number of piperidine rings is 1. The van der Waals surface area contributed by atoms with Gasteiger partial charge in [0.25, 0.3) is 0 Å². The summed E-state index contributed by atoms with van der Waals surface area (Å²) in [6, 6.07) is 6.07. The summed E-state index contributed by atoms with van der Waals surface area (Å²) in [6.45, 7) is 10.1. The third-order valence-electron chi connectivity index (χ3n) is 5.53. The molecule has 2 aromatic rings. The lowest BCUT2D eigenvalue weighted by molar-refractivity contribution is 0.128. The second-order valence-corrected chi connectivity index (χ2v) is 7.63. The number of benzene rings is 1. The van der Waals surface area contributed by atoms with Crippen molar-refractivity contribution in [2.75, 3.05) is 50.7 Å². The van der Waals surface area contributed by atoms with Gasteiger partial charge in [-0.15, -0.1) is 0 Å². The van der Waals surface area contributed by atoms with Gasteiger partial charge in [-0.3, -0.25) is 4.90 Å². The molecule has 0 spiro atoms. The maximum absolute atomic E-state index is 11.6. The van der Waals surface area contributed by atoms with Crippen molar-refractivity contribution in [3.63, 3.8) is 0 Å². The van der Waals surface area contributed by atoms with Gasteiger partial charge >= 0.3 is 5.69 Å². The third-order valence-corrected chi connectivity index (χ3v) is 5.53. The SMILES string of the molecule is CC1(CN2CCN(c3cccc4[nH]c(=O)[nH]c34)CC2)CCCNC1. The fourth-order valence-corrected chi connectivity index (χ4v) is 4.25. The average Bonchev–Trinajstić information content (AvgIpc) is 2.96. The molecule has 2 aliphatic heterocycles. The minimum absolute atomic E-state index is 0.131. The van der Waals surface area contributed by atoms with Gasteiger partial charge in [0, 0.05) is 39.3 Å². The van der Waals surface area contributed by atoms with Crippen LogP contribution in [0.25, 0.3) is 11.0 Å². The number of nitrogens with zero attached hydrogens (tertiary/aromatic N) is 2. The lowest BCUT2D eigenvalue weighted by atomic mass is 9.82. The molecule has 1 unspecified atom stereocenters. The molecular formula is C18H27N5O. The number of anilines is 1. The van der Waals surface area contributed by atoms with Crippen molar-refractivity contribution in [2.24, 2.45) is 5.41 Å². The highest BCUT2D eigenvalue weighted by Crippen LogP contribution is 2.28. The maximum atomic E-state index is 11.6. The summed E-state index contributed by atoms with van der Waals surface area (Å²) in [7, 11) is 0. The summed E-state index contributed by atoms with van der Waals surface area (Å²) in [5.41, 5.74) is 3.23. The van der Waals surface area contributed by atoms with Gasteiger partial charge in [-0.1, -0.05) is 13.0 Å². The molecule has 6 heteroatoms. The van der Waals surface area contributed by atoms with Gasteiger partial charge < -0.3 is 20.2 Å². The molecule has 3 N–H and O–H groups in total. The van der Waals surface area contributed by atoms with Gasteiger partial charge in [0.2, 0.25) is 0 Å². The highest BCUT2D eigenvalue weighted by Gasteiger charge is 2.30. The van der Waals surface area contributed by atoms with Crippen LogP contribution in [0.5, 0.6) is 0 Å². The van der Waals surface area contributed by atoms with Crippen LogP contribution in [0.1, 0.15) is 19.8 Å². The molecule has 3 heterocycles. The van der Waals surface area contributed by atoms with Gasteiger partial charge in [0.05, 0.1) is 16.7 Å². The summed E-state index contributed by atoms with van der Waals surface area (Å²) in [4.78, 5) is 22.4. The fraction of sp³-hybridized carbons (Fsp3) is 0.611. The van der Waals surface area contributed by atoms with Gasteiger partial charge in [-0.25, -0.2) is 4.79 Å². The first-order chi connectivity index (χ1) is 11.6. The molecule has 6 nitrogen and oxygen atoms in total. The van der Waals surface area contributed by atoms with E-state index in [0.717, 1.165) is 49.4 Å². The molecule has 0 aliphatic carbocycles. The zero-order valence-corrected chi connectivity index (χ0v) is 14.4. The van der Waals surface area contributed by atoms with Crippen molar-refractivity contribution >= 4 is 16.7 Å². The number of para-hydroxylation sites is 1. The summed E-state index contributed by atoms with van der Waals surface area (Å²) < 4.78 is 0. The van der Waals surface area contributed by atoms with E-state index in [0.29, 0.717) is 5.41 Å². The lowest BCUT2D eigenvalue weighted by Crippen LogP contribution is -2.52. The number of H-pyrrole nitrogens is 2. The summed E-state index contributed by atoms with van der Waals surface area (Å²) in [6.07, 6.45) is 2.61. The minimum Gasteiger partial charge on any atom is -0.367 e. The third kappa shape index (κ3) is 3.08. The fourth-order valence-electron chi connectivity index (χ4n) is 4.25. The zero-order valence-electron chi connectivity index (χ0n) is 14.4. The molecule has 1 aromatic heterocycles. The van der Waals surface area contributed by atoms with E-state index < -0.39 is 0 Å². The zero-order chi connectivity index (χ0) is 16.6. The minimum atomic E-state index is -0.131. The second kappa shape index (κ2) is 6.26. The Labute approximate surface area is 142 Å². The van der Waals surface area contributed by atoms with Crippen LogP contribution in [0.2, 0.25) is 0 Å². The number of aromatic nitrogens is 2. The topological polar surface area (TPSA) is 67.2 Å². The number of aromatic amines is 2. The standard InChI is InChI=1S/C18H27N5O/c1-18(6-3-7-19-12-18)13-22-8-10-23(11-9-22)15-5-2-4-14-16(15)21-17(24)20-14/h2,4-5,19H,3,6-13H2,1H3,(H2,20,21,24). The van der Waals surface area contributed by atoms with Crippen LogP contribution < -0.4 is 15.9 Å². The first kappa shape index (κ1) is 15.7. The quantitative estimate of drug-likeness (QED) is 0.796. The molecule has 130 valence electrons. The Morgan fingerprint density at radius 1 is 1.17 bits per heavy atom. The number of piperazine rings is 1. The molecule has 1 atom stereocenters. The number of imidazole rings is 1. The molecule has 1 aromatic carbocycles. The molecular weight excluding hydrogens is 302 g/mol. The van der Waals surface area contributed by atoms with Crippen LogP contribution in [0.15, 0.2) is 23.0 Å². The normalized spacial score (nSPS) is 26.1. The molecule has 2 fully saturated rings. The van der Waals surface area contributed by atoms with E-state index in [1.165, 1.54) is 25.9 Å². The van der Waals surface area contributed by atoms with Crippen LogP contribution in [0.4, 0.5) is 5.69 Å². The van der Waals surface area contributed by atoms with Crippen LogP contribution in [0, 0.1) is 5.41 Å². The monoisotopic (exact) mass is 329 g/mol. The van der Waals surface area contributed by atoms with E-state index in [9.17, 15) is 4.79 Å². The Bertz CT molecular complexity index is 750. The smallest absolute Gasteiger partial charge is 0.323 e. The van der Waals surface area contributed by atoms with Crippen LogP contribution >= 0.6 is 0 Å². The Morgan fingerprint density at radius 2 is 2.00 bits per heavy atom. The van der Waals surface area contributed by atoms with Crippen molar-refractivity contribution in [1.82, 2.24) is 20.2 Å². The van der Waals surface area contributed by atoms with Crippen LogP contribution in [0.3, 0.4) is 0 Å². The lowest BCUT2D eigenvalue weighted by Gasteiger charge is -2.42. The number of nitrogens with one attached hydrogen (secondary N) is 3. The van der Waals surface area contributed by atoms with Gasteiger partial charge in [-0.05, 0) is 36.9 Å². The first-order valence-corrected chi connectivity index (χ1v) is 9.02. The summed E-state index contributed by atoms with van der Waals surface area (Å²) in [5.74, 6) is 0. The molecule has 0 radical (unpaired) electrons. The van der Waals surface area contributed by atoms with E-state index in [1.807, 2.05) is 12.1 Å². The molecule has 0 bridgehead atoms. The predicted molar refractivity (Wildman–Crippen MR) is 97.8 cm³/mol. The van der Waals surface area contributed by atoms with Crippen molar-refractivity contribution in [3.8, 4) is 0 Å². The van der Waals surface area contributed by atoms with Gasteiger partial charge in [-0.2, -0.15) is 0 Å². The Balaban J connectivity index is 1.43. The number of hydrogen-bond donors (Lipinski definition) is 3. The highest BCUT2D eigenvalue weighted by atomic mass is 16.1.